The minimum atomic E-state index is -0.189. The topological polar surface area (TPSA) is 29.1 Å². The Labute approximate surface area is 73.2 Å². The summed E-state index contributed by atoms with van der Waals surface area (Å²) in [6.45, 7) is 6.09. The first-order valence-corrected chi connectivity index (χ1v) is 4.43. The summed E-state index contributed by atoms with van der Waals surface area (Å²) >= 11 is 4.04. The molecule has 0 saturated heterocycles. The smallest absolute Gasteiger partial charge is 0.232 e. The zero-order chi connectivity index (χ0) is 8.65. The van der Waals surface area contributed by atoms with Crippen LogP contribution in [0, 0.1) is 5.41 Å². The van der Waals surface area contributed by atoms with E-state index in [1.807, 2.05) is 0 Å². The van der Waals surface area contributed by atoms with Gasteiger partial charge < -0.3 is 5.32 Å². The van der Waals surface area contributed by atoms with Gasteiger partial charge in [0, 0.05) is 6.04 Å². The Morgan fingerprint density at radius 1 is 1.73 bits per heavy atom. The molecule has 1 rings (SSSR count). The number of thiol groups is 1. The zero-order valence-corrected chi connectivity index (χ0v) is 8.11. The van der Waals surface area contributed by atoms with Gasteiger partial charge in [0.25, 0.3) is 0 Å². The van der Waals surface area contributed by atoms with Crippen LogP contribution in [0.25, 0.3) is 0 Å². The summed E-state index contributed by atoms with van der Waals surface area (Å²) < 4.78 is 0. The highest BCUT2D eigenvalue weighted by Crippen LogP contribution is 2.44. The lowest BCUT2D eigenvalue weighted by Crippen LogP contribution is -2.33. The van der Waals surface area contributed by atoms with Crippen molar-refractivity contribution in [2.45, 2.75) is 38.5 Å². The van der Waals surface area contributed by atoms with Crippen LogP contribution in [0.15, 0.2) is 0 Å². The van der Waals surface area contributed by atoms with E-state index in [4.69, 9.17) is 0 Å². The quantitative estimate of drug-likeness (QED) is 0.604. The number of hydrogen-bond acceptors (Lipinski definition) is 2. The SMILES string of the molecule is CC(S)C(=O)NC1CC1(C)C. The minimum Gasteiger partial charge on any atom is -0.352 e. The maximum absolute atomic E-state index is 11.1. The maximum atomic E-state index is 11.1. The van der Waals surface area contributed by atoms with Gasteiger partial charge in [0.05, 0.1) is 5.25 Å². The monoisotopic (exact) mass is 173 g/mol. The number of hydrogen-bond donors (Lipinski definition) is 2. The normalized spacial score (nSPS) is 29.3. The molecule has 1 aliphatic rings. The molecule has 11 heavy (non-hydrogen) atoms. The summed E-state index contributed by atoms with van der Waals surface area (Å²) in [6.07, 6.45) is 1.10. The number of carbonyl (C=O) groups is 1. The van der Waals surface area contributed by atoms with Gasteiger partial charge in [-0.1, -0.05) is 13.8 Å². The van der Waals surface area contributed by atoms with Crippen molar-refractivity contribution in [3.8, 4) is 0 Å². The van der Waals surface area contributed by atoms with E-state index in [9.17, 15) is 4.79 Å². The first-order valence-electron chi connectivity index (χ1n) is 3.92. The van der Waals surface area contributed by atoms with Crippen molar-refractivity contribution in [2.75, 3.05) is 0 Å². The predicted octanol–water partition coefficient (Wildman–Crippen LogP) is 1.22. The van der Waals surface area contributed by atoms with E-state index in [1.165, 1.54) is 0 Å². The number of carbonyl (C=O) groups excluding carboxylic acids is 1. The Balaban J connectivity index is 2.29. The summed E-state index contributed by atoms with van der Waals surface area (Å²) in [6, 6.07) is 0.379. The molecule has 0 spiro atoms. The van der Waals surface area contributed by atoms with Crippen molar-refractivity contribution in [3.63, 3.8) is 0 Å². The second-order valence-corrected chi connectivity index (χ2v) is 4.70. The van der Waals surface area contributed by atoms with Gasteiger partial charge in [0.15, 0.2) is 0 Å². The zero-order valence-electron chi connectivity index (χ0n) is 7.22. The van der Waals surface area contributed by atoms with Crippen LogP contribution in [0.1, 0.15) is 27.2 Å². The van der Waals surface area contributed by atoms with Gasteiger partial charge in [-0.25, -0.2) is 0 Å². The van der Waals surface area contributed by atoms with Crippen molar-refractivity contribution < 1.29 is 4.79 Å². The lowest BCUT2D eigenvalue weighted by Gasteiger charge is -2.07. The predicted molar refractivity (Wildman–Crippen MR) is 48.8 cm³/mol. The van der Waals surface area contributed by atoms with Crippen LogP contribution in [-0.4, -0.2) is 17.2 Å². The van der Waals surface area contributed by atoms with Crippen molar-refractivity contribution in [2.24, 2.45) is 5.41 Å². The van der Waals surface area contributed by atoms with Gasteiger partial charge in [0.1, 0.15) is 0 Å². The largest absolute Gasteiger partial charge is 0.352 e. The van der Waals surface area contributed by atoms with Crippen LogP contribution in [0.4, 0.5) is 0 Å². The molecule has 0 radical (unpaired) electrons. The summed E-state index contributed by atoms with van der Waals surface area (Å²) in [7, 11) is 0. The van der Waals surface area contributed by atoms with Gasteiger partial charge >= 0.3 is 0 Å². The van der Waals surface area contributed by atoms with E-state index in [0.717, 1.165) is 6.42 Å². The first-order chi connectivity index (χ1) is 4.93. The standard InChI is InChI=1S/C8H15NOS/c1-5(11)7(10)9-6-4-8(6,2)3/h5-6,11H,4H2,1-3H3,(H,9,10). The first kappa shape index (κ1) is 8.91. The minimum absolute atomic E-state index is 0.0453. The number of nitrogens with one attached hydrogen (secondary N) is 1. The lowest BCUT2D eigenvalue weighted by atomic mass is 10.2. The van der Waals surface area contributed by atoms with Crippen molar-refractivity contribution >= 4 is 18.5 Å². The van der Waals surface area contributed by atoms with E-state index in [1.54, 1.807) is 6.92 Å². The van der Waals surface area contributed by atoms with Crippen LogP contribution < -0.4 is 5.32 Å². The van der Waals surface area contributed by atoms with Gasteiger partial charge in [-0.2, -0.15) is 12.6 Å². The molecule has 1 amide bonds. The Bertz CT molecular complexity index is 177. The summed E-state index contributed by atoms with van der Waals surface area (Å²) in [5.41, 5.74) is 0.318. The molecule has 0 heterocycles. The molecule has 2 unspecified atom stereocenters. The van der Waals surface area contributed by atoms with Gasteiger partial charge in [-0.05, 0) is 18.8 Å². The molecule has 0 aliphatic heterocycles. The fraction of sp³-hybridized carbons (Fsp3) is 0.875. The van der Waals surface area contributed by atoms with E-state index in [-0.39, 0.29) is 11.2 Å². The van der Waals surface area contributed by atoms with Crippen molar-refractivity contribution in [1.29, 1.82) is 0 Å². The van der Waals surface area contributed by atoms with Crippen LogP contribution in [0.5, 0.6) is 0 Å². The molecular formula is C8H15NOS. The third-order valence-electron chi connectivity index (χ3n) is 2.21. The second-order valence-electron chi connectivity index (χ2n) is 3.93. The average molecular weight is 173 g/mol. The van der Waals surface area contributed by atoms with Crippen LogP contribution in [0.3, 0.4) is 0 Å². The highest BCUT2D eigenvalue weighted by molar-refractivity contribution is 7.81. The molecule has 2 nitrogen and oxygen atoms in total. The Hall–Kier alpha value is -0.180. The maximum Gasteiger partial charge on any atom is 0.232 e. The number of rotatable bonds is 2. The molecule has 1 N–H and O–H groups in total. The molecule has 0 bridgehead atoms. The van der Waals surface area contributed by atoms with E-state index < -0.39 is 0 Å². The van der Waals surface area contributed by atoms with Gasteiger partial charge in [0.2, 0.25) is 5.91 Å². The summed E-state index contributed by atoms with van der Waals surface area (Å²) in [4.78, 5) is 11.1. The molecule has 3 heteroatoms. The molecule has 1 fully saturated rings. The van der Waals surface area contributed by atoms with E-state index in [0.29, 0.717) is 11.5 Å². The molecule has 0 aromatic rings. The Morgan fingerprint density at radius 2 is 2.18 bits per heavy atom. The van der Waals surface area contributed by atoms with Gasteiger partial charge in [-0.15, -0.1) is 0 Å². The highest BCUT2D eigenvalue weighted by Gasteiger charge is 2.46. The lowest BCUT2D eigenvalue weighted by molar-refractivity contribution is -0.120. The Morgan fingerprint density at radius 3 is 2.45 bits per heavy atom. The van der Waals surface area contributed by atoms with Crippen molar-refractivity contribution in [1.82, 2.24) is 5.32 Å². The average Bonchev–Trinajstić information content (AvgIpc) is 2.39. The molecular weight excluding hydrogens is 158 g/mol. The molecule has 64 valence electrons. The molecule has 2 atom stereocenters. The molecule has 0 aromatic carbocycles. The van der Waals surface area contributed by atoms with E-state index >= 15 is 0 Å². The van der Waals surface area contributed by atoms with Gasteiger partial charge in [-0.3, -0.25) is 4.79 Å². The second kappa shape index (κ2) is 2.70. The fourth-order valence-electron chi connectivity index (χ4n) is 1.01. The fourth-order valence-corrected chi connectivity index (χ4v) is 1.08. The third-order valence-corrected chi connectivity index (χ3v) is 2.44. The van der Waals surface area contributed by atoms with Crippen LogP contribution in [0.2, 0.25) is 0 Å². The summed E-state index contributed by atoms with van der Waals surface area (Å²) in [5, 5.41) is 2.74. The summed E-state index contributed by atoms with van der Waals surface area (Å²) in [5.74, 6) is 0.0453. The van der Waals surface area contributed by atoms with Crippen LogP contribution >= 0.6 is 12.6 Å². The third kappa shape index (κ3) is 2.12. The molecule has 0 aromatic heterocycles. The van der Waals surface area contributed by atoms with Crippen LogP contribution in [-0.2, 0) is 4.79 Å². The highest BCUT2D eigenvalue weighted by atomic mass is 32.1. The molecule has 1 saturated carbocycles. The Kier molecular flexibility index (Phi) is 2.19. The molecule has 1 aliphatic carbocycles. The van der Waals surface area contributed by atoms with Crippen molar-refractivity contribution in [3.05, 3.63) is 0 Å². The number of amides is 1. The van der Waals surface area contributed by atoms with E-state index in [2.05, 4.69) is 31.8 Å².